The van der Waals surface area contributed by atoms with Crippen molar-refractivity contribution >= 4 is 11.6 Å². The first-order chi connectivity index (χ1) is 7.69. The van der Waals surface area contributed by atoms with E-state index in [0.717, 1.165) is 13.0 Å². The Hall–Kier alpha value is -1.36. The van der Waals surface area contributed by atoms with Crippen molar-refractivity contribution < 1.29 is 4.74 Å². The van der Waals surface area contributed by atoms with Crippen molar-refractivity contribution in [2.45, 2.75) is 26.3 Å². The molecular weight excluding hydrogens is 204 g/mol. The lowest BCUT2D eigenvalue weighted by atomic mass is 10.2. The predicted octanol–water partition coefficient (Wildman–Crippen LogP) is 1.31. The number of ether oxygens (including phenoxy) is 1. The summed E-state index contributed by atoms with van der Waals surface area (Å²) in [7, 11) is 1.69. The van der Waals surface area contributed by atoms with Gasteiger partial charge >= 0.3 is 0 Å². The van der Waals surface area contributed by atoms with Gasteiger partial charge in [0, 0.05) is 19.7 Å². The Morgan fingerprint density at radius 3 is 2.56 bits per heavy atom. The molecule has 0 bridgehead atoms. The van der Waals surface area contributed by atoms with E-state index in [4.69, 9.17) is 10.5 Å². The molecule has 0 aliphatic rings. The highest BCUT2D eigenvalue weighted by Crippen LogP contribution is 2.13. The number of methoxy groups -OCH3 is 1. The van der Waals surface area contributed by atoms with Crippen LogP contribution < -0.4 is 10.6 Å². The van der Waals surface area contributed by atoms with Gasteiger partial charge in [-0.15, -0.1) is 0 Å². The van der Waals surface area contributed by atoms with Crippen LogP contribution in [0.5, 0.6) is 0 Å². The molecule has 1 rings (SSSR count). The second-order valence-electron chi connectivity index (χ2n) is 3.76. The molecule has 0 fully saturated rings. The maximum Gasteiger partial charge on any atom is 0.225 e. The zero-order valence-corrected chi connectivity index (χ0v) is 10.2. The quantitative estimate of drug-likeness (QED) is 0.789. The summed E-state index contributed by atoms with van der Waals surface area (Å²) < 4.78 is 5.09. The topological polar surface area (TPSA) is 64.3 Å². The Morgan fingerprint density at radius 2 is 2.06 bits per heavy atom. The fourth-order valence-corrected chi connectivity index (χ4v) is 1.41. The van der Waals surface area contributed by atoms with E-state index in [0.29, 0.717) is 24.3 Å². The molecule has 90 valence electrons. The molecule has 0 aliphatic carbocycles. The van der Waals surface area contributed by atoms with Crippen LogP contribution in [0.1, 0.15) is 20.3 Å². The number of hydrogen-bond donors (Lipinski definition) is 1. The number of nitrogen functional groups attached to an aromatic ring is 1. The molecule has 5 nitrogen and oxygen atoms in total. The molecule has 2 N–H and O–H groups in total. The lowest BCUT2D eigenvalue weighted by Gasteiger charge is -2.28. The van der Waals surface area contributed by atoms with Crippen LogP contribution in [0.4, 0.5) is 11.6 Å². The van der Waals surface area contributed by atoms with Gasteiger partial charge in [0.1, 0.15) is 0 Å². The standard InChI is InChI=1S/C11H20N4O/c1-4-9(2)15(5-6-16-3)11-13-7-10(12)8-14-11/h7-9H,4-6,12H2,1-3H3. The SMILES string of the molecule is CCC(C)N(CCOC)c1ncc(N)cn1. The summed E-state index contributed by atoms with van der Waals surface area (Å²) in [5.41, 5.74) is 6.15. The summed E-state index contributed by atoms with van der Waals surface area (Å²) in [6.07, 6.45) is 4.30. The van der Waals surface area contributed by atoms with Gasteiger partial charge in [0.15, 0.2) is 0 Å². The van der Waals surface area contributed by atoms with Crippen molar-refractivity contribution in [3.8, 4) is 0 Å². The molecule has 0 saturated heterocycles. The van der Waals surface area contributed by atoms with Crippen LogP contribution in [0.3, 0.4) is 0 Å². The summed E-state index contributed by atoms with van der Waals surface area (Å²) >= 11 is 0. The minimum atomic E-state index is 0.388. The first-order valence-electron chi connectivity index (χ1n) is 5.52. The Bertz CT molecular complexity index is 301. The summed E-state index contributed by atoms with van der Waals surface area (Å²) in [6.45, 7) is 5.74. The molecule has 0 amide bonds. The third-order valence-corrected chi connectivity index (χ3v) is 2.57. The van der Waals surface area contributed by atoms with E-state index < -0.39 is 0 Å². The Morgan fingerprint density at radius 1 is 1.44 bits per heavy atom. The van der Waals surface area contributed by atoms with Crippen LogP contribution in [0, 0.1) is 0 Å². The Labute approximate surface area is 96.6 Å². The molecule has 0 saturated carbocycles. The van der Waals surface area contributed by atoms with Crippen molar-refractivity contribution in [3.63, 3.8) is 0 Å². The van der Waals surface area contributed by atoms with Gasteiger partial charge in [0.05, 0.1) is 24.7 Å². The summed E-state index contributed by atoms with van der Waals surface area (Å²) in [5, 5.41) is 0. The smallest absolute Gasteiger partial charge is 0.225 e. The Balaban J connectivity index is 2.78. The highest BCUT2D eigenvalue weighted by Gasteiger charge is 2.14. The fraction of sp³-hybridized carbons (Fsp3) is 0.636. The van der Waals surface area contributed by atoms with E-state index >= 15 is 0 Å². The van der Waals surface area contributed by atoms with E-state index in [-0.39, 0.29) is 0 Å². The zero-order valence-electron chi connectivity index (χ0n) is 10.2. The summed E-state index contributed by atoms with van der Waals surface area (Å²) in [4.78, 5) is 10.6. The first-order valence-corrected chi connectivity index (χ1v) is 5.52. The molecule has 0 radical (unpaired) electrons. The van der Waals surface area contributed by atoms with Gasteiger partial charge in [-0.05, 0) is 13.3 Å². The third-order valence-electron chi connectivity index (χ3n) is 2.57. The lowest BCUT2D eigenvalue weighted by molar-refractivity contribution is 0.203. The monoisotopic (exact) mass is 224 g/mol. The van der Waals surface area contributed by atoms with E-state index in [1.165, 1.54) is 0 Å². The minimum absolute atomic E-state index is 0.388. The largest absolute Gasteiger partial charge is 0.396 e. The summed E-state index contributed by atoms with van der Waals surface area (Å²) in [6, 6.07) is 0.388. The molecule has 0 aromatic carbocycles. The molecule has 1 aromatic rings. The van der Waals surface area contributed by atoms with Gasteiger partial charge in [0.25, 0.3) is 0 Å². The van der Waals surface area contributed by atoms with Crippen molar-refractivity contribution in [3.05, 3.63) is 12.4 Å². The number of aromatic nitrogens is 2. The number of anilines is 2. The zero-order chi connectivity index (χ0) is 12.0. The Kier molecular flexibility index (Phi) is 4.98. The average Bonchev–Trinajstić information content (AvgIpc) is 2.31. The third kappa shape index (κ3) is 3.34. The molecular formula is C11H20N4O. The molecule has 0 spiro atoms. The van der Waals surface area contributed by atoms with Crippen LogP contribution in [0.25, 0.3) is 0 Å². The maximum atomic E-state index is 5.57. The van der Waals surface area contributed by atoms with Crippen LogP contribution >= 0.6 is 0 Å². The van der Waals surface area contributed by atoms with Gasteiger partial charge in [-0.1, -0.05) is 6.92 Å². The van der Waals surface area contributed by atoms with Crippen molar-refractivity contribution in [1.29, 1.82) is 0 Å². The van der Waals surface area contributed by atoms with E-state index in [2.05, 4.69) is 28.7 Å². The van der Waals surface area contributed by atoms with Gasteiger partial charge in [-0.3, -0.25) is 0 Å². The summed E-state index contributed by atoms with van der Waals surface area (Å²) in [5.74, 6) is 0.709. The van der Waals surface area contributed by atoms with E-state index in [9.17, 15) is 0 Å². The van der Waals surface area contributed by atoms with Crippen LogP contribution in [0.15, 0.2) is 12.4 Å². The van der Waals surface area contributed by atoms with Crippen molar-refractivity contribution in [2.24, 2.45) is 0 Å². The fourth-order valence-electron chi connectivity index (χ4n) is 1.41. The minimum Gasteiger partial charge on any atom is -0.396 e. The van der Waals surface area contributed by atoms with Gasteiger partial charge in [-0.2, -0.15) is 0 Å². The van der Waals surface area contributed by atoms with E-state index in [1.54, 1.807) is 19.5 Å². The number of rotatable bonds is 6. The maximum absolute atomic E-state index is 5.57. The molecule has 16 heavy (non-hydrogen) atoms. The number of nitrogens with two attached hydrogens (primary N) is 1. The van der Waals surface area contributed by atoms with Gasteiger partial charge in [0.2, 0.25) is 5.95 Å². The highest BCUT2D eigenvalue weighted by atomic mass is 16.5. The van der Waals surface area contributed by atoms with E-state index in [1.807, 2.05) is 0 Å². The van der Waals surface area contributed by atoms with Gasteiger partial charge in [-0.25, -0.2) is 9.97 Å². The molecule has 1 heterocycles. The van der Waals surface area contributed by atoms with Crippen LogP contribution in [-0.4, -0.2) is 36.3 Å². The molecule has 0 aliphatic heterocycles. The molecule has 1 atom stereocenters. The van der Waals surface area contributed by atoms with Crippen LogP contribution in [0.2, 0.25) is 0 Å². The van der Waals surface area contributed by atoms with Crippen molar-refractivity contribution in [2.75, 3.05) is 30.9 Å². The highest BCUT2D eigenvalue weighted by molar-refractivity contribution is 5.38. The number of hydrogen-bond acceptors (Lipinski definition) is 5. The molecule has 5 heteroatoms. The molecule has 1 unspecified atom stereocenters. The van der Waals surface area contributed by atoms with Gasteiger partial charge < -0.3 is 15.4 Å². The number of nitrogens with zero attached hydrogens (tertiary/aromatic N) is 3. The second kappa shape index (κ2) is 6.27. The predicted molar refractivity (Wildman–Crippen MR) is 65.4 cm³/mol. The first kappa shape index (κ1) is 12.7. The van der Waals surface area contributed by atoms with Crippen LogP contribution in [-0.2, 0) is 4.74 Å². The normalized spacial score (nSPS) is 12.4. The lowest BCUT2D eigenvalue weighted by Crippen LogP contribution is -2.36. The second-order valence-corrected chi connectivity index (χ2v) is 3.76. The average molecular weight is 224 g/mol. The van der Waals surface area contributed by atoms with Crippen molar-refractivity contribution in [1.82, 2.24) is 9.97 Å². The molecule has 1 aromatic heterocycles.